The van der Waals surface area contributed by atoms with Gasteiger partial charge in [0.05, 0.1) is 16.6 Å². The number of likely N-dealkylation sites (tertiary alicyclic amines) is 1. The minimum absolute atomic E-state index is 0.0321. The molecule has 4 rings (SSSR count). The number of nitrogens with two attached hydrogens (primary N) is 1. The Balaban J connectivity index is 1.74. The average molecular weight is 384 g/mol. The van der Waals surface area contributed by atoms with Gasteiger partial charge in [-0.05, 0) is 55.8 Å². The molecule has 2 aromatic carbocycles. The zero-order valence-corrected chi connectivity index (χ0v) is 15.6. The van der Waals surface area contributed by atoms with Crippen molar-refractivity contribution in [1.29, 1.82) is 0 Å². The quantitative estimate of drug-likeness (QED) is 0.709. The minimum atomic E-state index is -0.782. The number of benzene rings is 2. The van der Waals surface area contributed by atoms with Crippen LogP contribution in [0.2, 0.25) is 0 Å². The summed E-state index contributed by atoms with van der Waals surface area (Å²) in [5.41, 5.74) is 7.04. The first-order chi connectivity index (χ1) is 13.5. The van der Waals surface area contributed by atoms with E-state index >= 15 is 0 Å². The van der Waals surface area contributed by atoms with E-state index in [0.717, 1.165) is 37.6 Å². The number of fused-ring (bicyclic) bond motifs is 1. The Kier molecular flexibility index (Phi) is 4.85. The van der Waals surface area contributed by atoms with Crippen molar-refractivity contribution in [3.63, 3.8) is 0 Å². The van der Waals surface area contributed by atoms with Crippen molar-refractivity contribution in [2.75, 3.05) is 13.1 Å². The summed E-state index contributed by atoms with van der Waals surface area (Å²) < 4.78 is 28.7. The van der Waals surface area contributed by atoms with E-state index in [2.05, 4.69) is 21.8 Å². The lowest BCUT2D eigenvalue weighted by molar-refractivity contribution is 0.100. The van der Waals surface area contributed by atoms with Crippen LogP contribution in [0.15, 0.2) is 30.3 Å². The summed E-state index contributed by atoms with van der Waals surface area (Å²) in [5, 5.41) is 0. The van der Waals surface area contributed by atoms with Crippen LogP contribution < -0.4 is 5.73 Å². The number of carbonyl (C=O) groups excluding carboxylic acids is 1. The first-order valence-corrected chi connectivity index (χ1v) is 9.51. The molecule has 1 unspecified atom stereocenters. The van der Waals surface area contributed by atoms with Crippen LogP contribution in [0.5, 0.6) is 0 Å². The topological polar surface area (TPSA) is 75.0 Å². The van der Waals surface area contributed by atoms with E-state index in [1.165, 1.54) is 12.5 Å². The largest absolute Gasteiger partial charge is 0.366 e. The maximum Gasteiger partial charge on any atom is 0.251 e. The fourth-order valence-corrected chi connectivity index (χ4v) is 4.08. The lowest BCUT2D eigenvalue weighted by Gasteiger charge is -2.35. The van der Waals surface area contributed by atoms with Crippen molar-refractivity contribution < 1.29 is 13.6 Å². The third-order valence-electron chi connectivity index (χ3n) is 5.47. The number of aromatic amines is 1. The molecule has 3 N–H and O–H groups in total. The number of primary amides is 1. The predicted molar refractivity (Wildman–Crippen MR) is 104 cm³/mol. The highest BCUT2D eigenvalue weighted by Gasteiger charge is 2.24. The molecule has 2 heterocycles. The molecule has 0 saturated carbocycles. The summed E-state index contributed by atoms with van der Waals surface area (Å²) in [6.07, 6.45) is 3.32. The van der Waals surface area contributed by atoms with Crippen LogP contribution in [0.25, 0.3) is 22.4 Å². The van der Waals surface area contributed by atoms with Gasteiger partial charge in [-0.2, -0.15) is 0 Å². The minimum Gasteiger partial charge on any atom is -0.366 e. The number of nitrogens with zero attached hydrogens (tertiary/aromatic N) is 2. The number of nitrogens with one attached hydrogen (secondary N) is 1. The third-order valence-corrected chi connectivity index (χ3v) is 5.47. The van der Waals surface area contributed by atoms with Gasteiger partial charge in [0.25, 0.3) is 5.91 Å². The van der Waals surface area contributed by atoms with Gasteiger partial charge in [0.15, 0.2) is 0 Å². The summed E-state index contributed by atoms with van der Waals surface area (Å²) in [7, 11) is 0. The van der Waals surface area contributed by atoms with Crippen molar-refractivity contribution in [2.24, 2.45) is 5.73 Å². The van der Waals surface area contributed by atoms with Crippen LogP contribution in [-0.2, 0) is 0 Å². The number of piperidine rings is 1. The van der Waals surface area contributed by atoms with Crippen LogP contribution in [0, 0.1) is 11.6 Å². The van der Waals surface area contributed by atoms with E-state index in [9.17, 15) is 13.6 Å². The molecule has 3 aromatic rings. The highest BCUT2D eigenvalue weighted by atomic mass is 19.1. The van der Waals surface area contributed by atoms with Crippen molar-refractivity contribution in [2.45, 2.75) is 32.2 Å². The second kappa shape index (κ2) is 7.31. The first kappa shape index (κ1) is 18.6. The fraction of sp³-hybridized carbons (Fsp3) is 0.333. The summed E-state index contributed by atoms with van der Waals surface area (Å²) in [5.74, 6) is -1.55. The number of imidazole rings is 1. The molecule has 0 spiro atoms. The van der Waals surface area contributed by atoms with E-state index in [0.29, 0.717) is 5.52 Å². The molecule has 146 valence electrons. The second-order valence-corrected chi connectivity index (χ2v) is 7.18. The molecular weight excluding hydrogens is 362 g/mol. The molecule has 1 aromatic heterocycles. The van der Waals surface area contributed by atoms with Crippen LogP contribution in [0.3, 0.4) is 0 Å². The number of H-pyrrole nitrogens is 1. The maximum absolute atomic E-state index is 14.9. The molecule has 1 aliphatic rings. The summed E-state index contributed by atoms with van der Waals surface area (Å²) >= 11 is 0. The Labute approximate surface area is 161 Å². The molecule has 1 amide bonds. The summed E-state index contributed by atoms with van der Waals surface area (Å²) in [4.78, 5) is 21.1. The number of aromatic nitrogens is 2. The molecule has 0 radical (unpaired) electrons. The van der Waals surface area contributed by atoms with Crippen LogP contribution in [0.4, 0.5) is 8.78 Å². The SMILES string of the molecule is CCN1CCCCC1c1ccc(-c2nc3c(C(N)=O)cc(F)cc3[nH]2)c(F)c1. The number of hydrogen-bond acceptors (Lipinski definition) is 3. The highest BCUT2D eigenvalue weighted by molar-refractivity contribution is 6.04. The average Bonchev–Trinajstić information content (AvgIpc) is 3.10. The van der Waals surface area contributed by atoms with Gasteiger partial charge >= 0.3 is 0 Å². The Bertz CT molecular complexity index is 1050. The van der Waals surface area contributed by atoms with Crippen LogP contribution >= 0.6 is 0 Å². The summed E-state index contributed by atoms with van der Waals surface area (Å²) in [6.45, 7) is 4.07. The lowest BCUT2D eigenvalue weighted by Crippen LogP contribution is -2.33. The Morgan fingerprint density at radius 1 is 1.29 bits per heavy atom. The number of hydrogen-bond donors (Lipinski definition) is 2. The van der Waals surface area contributed by atoms with Crippen molar-refractivity contribution in [3.05, 3.63) is 53.1 Å². The lowest BCUT2D eigenvalue weighted by atomic mass is 9.94. The van der Waals surface area contributed by atoms with Crippen molar-refractivity contribution in [1.82, 2.24) is 14.9 Å². The molecule has 7 heteroatoms. The van der Waals surface area contributed by atoms with E-state index in [1.54, 1.807) is 12.1 Å². The number of rotatable bonds is 4. The third kappa shape index (κ3) is 3.26. The first-order valence-electron chi connectivity index (χ1n) is 9.51. The van der Waals surface area contributed by atoms with Gasteiger partial charge in [-0.15, -0.1) is 0 Å². The molecule has 1 fully saturated rings. The normalized spacial score (nSPS) is 17.9. The van der Waals surface area contributed by atoms with Crippen molar-refractivity contribution >= 4 is 16.9 Å². The van der Waals surface area contributed by atoms with Gasteiger partial charge in [0, 0.05) is 6.04 Å². The van der Waals surface area contributed by atoms with Crippen molar-refractivity contribution in [3.8, 4) is 11.4 Å². The number of halogens is 2. The molecule has 0 bridgehead atoms. The summed E-state index contributed by atoms with van der Waals surface area (Å²) in [6, 6.07) is 7.62. The maximum atomic E-state index is 14.9. The van der Waals surface area contributed by atoms with E-state index in [1.807, 2.05) is 6.07 Å². The molecule has 1 atom stereocenters. The highest BCUT2D eigenvalue weighted by Crippen LogP contribution is 2.33. The number of amides is 1. The van der Waals surface area contributed by atoms with Gasteiger partial charge in [0.2, 0.25) is 0 Å². The smallest absolute Gasteiger partial charge is 0.251 e. The standard InChI is InChI=1S/C21H22F2N4O/c1-2-27-8-4-3-5-18(27)12-6-7-14(16(23)9-12)21-25-17-11-13(22)10-15(20(24)28)19(17)26-21/h6-7,9-11,18H,2-5,8H2,1H3,(H2,24,28)(H,25,26). The monoisotopic (exact) mass is 384 g/mol. The zero-order chi connectivity index (χ0) is 19.8. The molecular formula is C21H22F2N4O. The van der Waals surface area contributed by atoms with Crippen LogP contribution in [-0.4, -0.2) is 33.9 Å². The van der Waals surface area contributed by atoms with E-state index in [-0.39, 0.29) is 28.5 Å². The Hall–Kier alpha value is -2.80. The van der Waals surface area contributed by atoms with Gasteiger partial charge in [0.1, 0.15) is 23.0 Å². The van der Waals surface area contributed by atoms with E-state index < -0.39 is 17.5 Å². The van der Waals surface area contributed by atoms with Gasteiger partial charge < -0.3 is 10.7 Å². The molecule has 5 nitrogen and oxygen atoms in total. The van der Waals surface area contributed by atoms with Gasteiger partial charge in [-0.25, -0.2) is 13.8 Å². The molecule has 0 aliphatic carbocycles. The second-order valence-electron chi connectivity index (χ2n) is 7.18. The predicted octanol–water partition coefficient (Wildman–Crippen LogP) is 4.15. The zero-order valence-electron chi connectivity index (χ0n) is 15.6. The van der Waals surface area contributed by atoms with Crippen LogP contribution in [0.1, 0.15) is 48.1 Å². The number of carbonyl (C=O) groups is 1. The molecule has 1 aliphatic heterocycles. The Morgan fingerprint density at radius 3 is 2.82 bits per heavy atom. The van der Waals surface area contributed by atoms with E-state index in [4.69, 9.17) is 5.73 Å². The fourth-order valence-electron chi connectivity index (χ4n) is 4.08. The Morgan fingerprint density at radius 2 is 2.11 bits per heavy atom. The molecule has 28 heavy (non-hydrogen) atoms. The van der Waals surface area contributed by atoms with Gasteiger partial charge in [-0.3, -0.25) is 9.69 Å². The molecule has 1 saturated heterocycles. The van der Waals surface area contributed by atoms with Gasteiger partial charge in [-0.1, -0.05) is 19.4 Å².